The molecule has 0 saturated carbocycles. The van der Waals surface area contributed by atoms with Crippen LogP contribution in [0.4, 0.5) is 0 Å². The van der Waals surface area contributed by atoms with Crippen LogP contribution in [0.1, 0.15) is 62.3 Å². The van der Waals surface area contributed by atoms with Crippen LogP contribution in [0, 0.1) is 0 Å². The van der Waals surface area contributed by atoms with E-state index in [2.05, 4.69) is 0 Å². The van der Waals surface area contributed by atoms with Gasteiger partial charge in [-0.3, -0.25) is 0 Å². The minimum absolute atomic E-state index is 0. The van der Waals surface area contributed by atoms with Gasteiger partial charge < -0.3 is 16.8 Å². The molecular formula is C12H27AlLiO4. The van der Waals surface area contributed by atoms with E-state index < -0.39 is 15.1 Å². The zero-order valence-electron chi connectivity index (χ0n) is 13.7. The summed E-state index contributed by atoms with van der Waals surface area (Å²) in [6, 6.07) is 0. The van der Waals surface area contributed by atoms with Crippen LogP contribution in [-0.2, 0) is 16.8 Å². The Hall–Kier alpha value is 0.970. The minimum Gasteiger partial charge on any atom is -1.00 e. The second-order valence-electron chi connectivity index (χ2n) is 6.98. The van der Waals surface area contributed by atoms with Gasteiger partial charge in [0.1, 0.15) is 0 Å². The molecule has 0 N–H and O–H groups in total. The van der Waals surface area contributed by atoms with Crippen molar-refractivity contribution in [3.63, 3.8) is 0 Å². The van der Waals surface area contributed by atoms with E-state index in [9.17, 15) is 0 Å². The Morgan fingerprint density at radius 1 is 0.556 bits per heavy atom. The monoisotopic (exact) mass is 269 g/mol. The Labute approximate surface area is 130 Å². The van der Waals surface area contributed by atoms with Gasteiger partial charge in [0.25, 0.3) is 0 Å². The van der Waals surface area contributed by atoms with Crippen molar-refractivity contribution < 1.29 is 35.7 Å². The minimum atomic E-state index is -2.11. The average Bonchev–Trinajstić information content (AvgIpc) is 1.70. The summed E-state index contributed by atoms with van der Waals surface area (Å²) < 4.78 is 17.7. The summed E-state index contributed by atoms with van der Waals surface area (Å²) in [5, 5.41) is 0. The van der Waals surface area contributed by atoms with Gasteiger partial charge in [-0.1, -0.05) is 0 Å². The first-order valence-corrected chi connectivity index (χ1v) is 7.23. The van der Waals surface area contributed by atoms with Gasteiger partial charge in [-0.25, -0.2) is 0 Å². The van der Waals surface area contributed by atoms with Gasteiger partial charge in [-0.05, 0) is 62.3 Å². The van der Waals surface area contributed by atoms with Crippen LogP contribution in [0.5, 0.6) is 0 Å². The Balaban J connectivity index is -0.00000112. The van der Waals surface area contributed by atoms with Crippen LogP contribution in [0.3, 0.4) is 0 Å². The summed E-state index contributed by atoms with van der Waals surface area (Å²) in [6.45, 7) is 18.2. The van der Waals surface area contributed by atoms with E-state index in [-0.39, 0.29) is 41.1 Å². The summed E-state index contributed by atoms with van der Waals surface area (Å²) in [5.74, 6) is 0. The first-order valence-electron chi connectivity index (χ1n) is 5.82. The predicted octanol–water partition coefficient (Wildman–Crippen LogP) is 0.302. The molecule has 0 aliphatic heterocycles. The van der Waals surface area contributed by atoms with Crippen molar-refractivity contribution in [2.24, 2.45) is 0 Å². The topological polar surface area (TPSA) is 56.2 Å². The standard InChI is InChI=1S/3C4H9O.Al.Li.O/c3*1-4(2,3)5;;;/h3*1-3H3;;;/q3*-1;+3;+1;-1. The molecule has 103 valence electrons. The van der Waals surface area contributed by atoms with E-state index in [0.29, 0.717) is 0 Å². The van der Waals surface area contributed by atoms with Crippen molar-refractivity contribution in [1.29, 1.82) is 0 Å². The summed E-state index contributed by atoms with van der Waals surface area (Å²) in [6.07, 6.45) is 0. The quantitative estimate of drug-likeness (QED) is 0.693. The zero-order chi connectivity index (χ0) is 13.2. The zero-order valence-corrected chi connectivity index (χ0v) is 14.9. The van der Waals surface area contributed by atoms with Gasteiger partial charge in [0.2, 0.25) is 0 Å². The van der Waals surface area contributed by atoms with Gasteiger partial charge in [-0.15, -0.1) is 0 Å². The van der Waals surface area contributed by atoms with Crippen LogP contribution in [0.25, 0.3) is 0 Å². The van der Waals surface area contributed by atoms with Crippen molar-refractivity contribution in [3.8, 4) is 0 Å². The van der Waals surface area contributed by atoms with Gasteiger partial charge in [0.05, 0.1) is 0 Å². The van der Waals surface area contributed by atoms with Crippen LogP contribution >= 0.6 is 0 Å². The van der Waals surface area contributed by atoms with Crippen LogP contribution in [-0.4, -0.2) is 32.0 Å². The van der Waals surface area contributed by atoms with Gasteiger partial charge in [0.15, 0.2) is 0 Å². The van der Waals surface area contributed by atoms with Gasteiger partial charge in [-0.2, -0.15) is 0 Å². The maximum absolute atomic E-state index is 5.88. The van der Waals surface area contributed by atoms with Gasteiger partial charge in [0, 0.05) is 16.8 Å². The molecule has 0 aliphatic carbocycles. The predicted molar refractivity (Wildman–Crippen MR) is 69.0 cm³/mol. The molecule has 0 saturated heterocycles. The summed E-state index contributed by atoms with van der Waals surface area (Å²) in [5.41, 5.74) is -0.686. The maximum atomic E-state index is 5.88. The van der Waals surface area contributed by atoms with E-state index in [1.54, 1.807) is 0 Å². The first-order chi connectivity index (χ1) is 6.79. The molecule has 0 aromatic rings. The molecule has 0 unspecified atom stereocenters. The molecule has 0 rings (SSSR count). The molecule has 0 bridgehead atoms. The first kappa shape index (κ1) is 24.0. The smallest absolute Gasteiger partial charge is 1.00 e. The number of hydrogen-bond acceptors (Lipinski definition) is 4. The van der Waals surface area contributed by atoms with Crippen LogP contribution in [0.2, 0.25) is 0 Å². The fourth-order valence-electron chi connectivity index (χ4n) is 0.938. The van der Waals surface area contributed by atoms with Crippen LogP contribution in [0.15, 0.2) is 0 Å². The Morgan fingerprint density at radius 2 is 0.722 bits per heavy atom. The fourth-order valence-corrected chi connectivity index (χ4v) is 2.81. The maximum Gasteiger partial charge on any atom is 1.00 e. The fraction of sp³-hybridized carbons (Fsp3) is 1.00. The summed E-state index contributed by atoms with van der Waals surface area (Å²) in [4.78, 5) is 0. The van der Waals surface area contributed by atoms with Crippen molar-refractivity contribution >= 4 is 15.1 Å². The third-order valence-corrected chi connectivity index (χ3v) is 4.05. The Morgan fingerprint density at radius 3 is 0.833 bits per heavy atom. The van der Waals surface area contributed by atoms with Crippen molar-refractivity contribution in [1.82, 2.24) is 0 Å². The molecule has 6 heteroatoms. The number of rotatable bonds is 3. The third kappa shape index (κ3) is 17.0. The molecule has 0 aromatic heterocycles. The normalized spacial score (nSPS) is 12.5. The molecule has 4 nitrogen and oxygen atoms in total. The van der Waals surface area contributed by atoms with Crippen molar-refractivity contribution in [3.05, 3.63) is 0 Å². The average molecular weight is 269 g/mol. The van der Waals surface area contributed by atoms with E-state index >= 15 is 0 Å². The Kier molecular flexibility index (Phi) is 11.1. The number of hydrogen-bond donors (Lipinski definition) is 0. The van der Waals surface area contributed by atoms with E-state index in [1.807, 2.05) is 62.3 Å². The molecular weight excluding hydrogens is 242 g/mol. The van der Waals surface area contributed by atoms with Crippen molar-refractivity contribution in [2.75, 3.05) is 0 Å². The molecule has 0 heterocycles. The van der Waals surface area contributed by atoms with E-state index in [4.69, 9.17) is 11.4 Å². The molecule has 0 amide bonds. The molecule has 0 aromatic carbocycles. The second kappa shape index (κ2) is 8.30. The van der Waals surface area contributed by atoms with Crippen LogP contribution < -0.4 is 18.9 Å². The largest absolute Gasteiger partial charge is 1.00 e. The van der Waals surface area contributed by atoms with E-state index in [0.717, 1.165) is 0 Å². The summed E-state index contributed by atoms with van der Waals surface area (Å²) >= 11 is -2.11. The second-order valence-corrected chi connectivity index (χ2v) is 8.26. The van der Waals surface area contributed by atoms with E-state index in [1.165, 1.54) is 0 Å². The molecule has 18 heavy (non-hydrogen) atoms. The third-order valence-electron chi connectivity index (χ3n) is 1.35. The summed E-state index contributed by atoms with van der Waals surface area (Å²) in [7, 11) is 0. The molecule has 0 fully saturated rings. The molecule has 1 radical (unpaired) electrons. The van der Waals surface area contributed by atoms with Gasteiger partial charge >= 0.3 is 34.0 Å². The molecule has 0 aliphatic rings. The SMILES string of the molecule is CC(C)(C)[O][Al]([O]C(C)(C)C)[O]C(C)(C)C.[Li+].[O-]. The molecule has 0 atom stereocenters. The molecule has 0 spiro atoms. The van der Waals surface area contributed by atoms with Crippen molar-refractivity contribution in [2.45, 2.75) is 79.1 Å². The Bertz CT molecular complexity index is 178.